The summed E-state index contributed by atoms with van der Waals surface area (Å²) in [5.41, 5.74) is 0. The zero-order valence-electron chi connectivity index (χ0n) is 11.3. The van der Waals surface area contributed by atoms with Crippen molar-refractivity contribution in [3.8, 4) is 0 Å². The Kier molecular flexibility index (Phi) is 4.56. The fraction of sp³-hybridized carbons (Fsp3) is 0.583. The summed E-state index contributed by atoms with van der Waals surface area (Å²) in [5.74, 6) is 1.45. The molecule has 1 aromatic rings. The topological polar surface area (TPSA) is 71.1 Å². The summed E-state index contributed by atoms with van der Waals surface area (Å²) >= 11 is 0. The molecule has 1 aromatic heterocycles. The number of aromatic nitrogens is 1. The van der Waals surface area contributed by atoms with Crippen LogP contribution in [0.3, 0.4) is 0 Å². The van der Waals surface area contributed by atoms with Crippen LogP contribution >= 0.6 is 0 Å². The summed E-state index contributed by atoms with van der Waals surface area (Å²) in [4.78, 5) is 4.33. The van der Waals surface area contributed by atoms with Gasteiger partial charge in [-0.2, -0.15) is 0 Å². The van der Waals surface area contributed by atoms with Crippen molar-refractivity contribution in [1.82, 2.24) is 4.98 Å². The first-order chi connectivity index (χ1) is 8.26. The highest BCUT2D eigenvalue weighted by molar-refractivity contribution is 7.92. The van der Waals surface area contributed by atoms with Gasteiger partial charge in [-0.3, -0.25) is 0 Å². The van der Waals surface area contributed by atoms with Crippen molar-refractivity contribution in [1.29, 1.82) is 0 Å². The highest BCUT2D eigenvalue weighted by atomic mass is 32.2. The molecule has 0 aliphatic rings. The maximum atomic E-state index is 11.6. The third-order valence-electron chi connectivity index (χ3n) is 2.81. The Bertz CT molecular complexity index is 498. The van der Waals surface area contributed by atoms with Crippen LogP contribution in [0.2, 0.25) is 0 Å². The molecule has 0 bridgehead atoms. The van der Waals surface area contributed by atoms with E-state index in [-0.39, 0.29) is 0 Å². The van der Waals surface area contributed by atoms with Crippen LogP contribution in [-0.2, 0) is 9.84 Å². The minimum atomic E-state index is -3.10. The first kappa shape index (κ1) is 14.8. The molecule has 5 nitrogen and oxygen atoms in total. The van der Waals surface area contributed by atoms with Crippen molar-refractivity contribution in [2.75, 3.05) is 30.0 Å². The van der Waals surface area contributed by atoms with Crippen LogP contribution in [0.25, 0.3) is 0 Å². The molecule has 0 atom stereocenters. The highest BCUT2D eigenvalue weighted by Crippen LogP contribution is 2.16. The van der Waals surface area contributed by atoms with E-state index in [2.05, 4.69) is 15.6 Å². The maximum absolute atomic E-state index is 11.6. The summed E-state index contributed by atoms with van der Waals surface area (Å²) in [7, 11) is -3.10. The summed E-state index contributed by atoms with van der Waals surface area (Å²) in [5, 5.41) is 6.17. The molecule has 1 heterocycles. The lowest BCUT2D eigenvalue weighted by Crippen LogP contribution is -2.38. The first-order valence-electron chi connectivity index (χ1n) is 5.90. The van der Waals surface area contributed by atoms with Crippen molar-refractivity contribution in [2.45, 2.75) is 25.5 Å². The summed E-state index contributed by atoms with van der Waals surface area (Å²) in [6.45, 7) is 6.52. The van der Waals surface area contributed by atoms with E-state index in [1.54, 1.807) is 13.8 Å². The van der Waals surface area contributed by atoms with Crippen LogP contribution in [0.4, 0.5) is 11.6 Å². The second-order valence-corrected chi connectivity index (χ2v) is 7.47. The number of pyridine rings is 1. The van der Waals surface area contributed by atoms with E-state index in [4.69, 9.17) is 0 Å². The number of hydrogen-bond donors (Lipinski definition) is 2. The Hall–Kier alpha value is -1.30. The van der Waals surface area contributed by atoms with E-state index >= 15 is 0 Å². The standard InChI is InChI=1S/C12H21N3O2S/c1-5-13-10-7-6-8-11(15-10)14-9-12(2,3)18(4,16)17/h6-8H,5,9H2,1-4H3,(H2,13,14,15). The number of rotatable bonds is 6. The van der Waals surface area contributed by atoms with Crippen LogP contribution < -0.4 is 10.6 Å². The Morgan fingerprint density at radius 3 is 2.28 bits per heavy atom. The van der Waals surface area contributed by atoms with Crippen molar-refractivity contribution < 1.29 is 8.42 Å². The zero-order chi connectivity index (χ0) is 13.8. The molecule has 6 heteroatoms. The van der Waals surface area contributed by atoms with Crippen molar-refractivity contribution >= 4 is 21.5 Å². The van der Waals surface area contributed by atoms with Crippen LogP contribution in [0, 0.1) is 0 Å². The van der Waals surface area contributed by atoms with Gasteiger partial charge in [-0.1, -0.05) is 6.07 Å². The predicted octanol–water partition coefficient (Wildman–Crippen LogP) is 1.75. The highest BCUT2D eigenvalue weighted by Gasteiger charge is 2.29. The average Bonchev–Trinajstić information content (AvgIpc) is 2.26. The van der Waals surface area contributed by atoms with Crippen LogP contribution in [-0.4, -0.2) is 37.5 Å². The molecule has 0 unspecified atom stereocenters. The van der Waals surface area contributed by atoms with E-state index < -0.39 is 14.6 Å². The van der Waals surface area contributed by atoms with Crippen LogP contribution in [0.5, 0.6) is 0 Å². The number of nitrogens with one attached hydrogen (secondary N) is 2. The molecule has 0 radical (unpaired) electrons. The maximum Gasteiger partial charge on any atom is 0.154 e. The molecule has 2 N–H and O–H groups in total. The monoisotopic (exact) mass is 271 g/mol. The largest absolute Gasteiger partial charge is 0.370 e. The van der Waals surface area contributed by atoms with Crippen molar-refractivity contribution in [3.05, 3.63) is 18.2 Å². The number of hydrogen-bond acceptors (Lipinski definition) is 5. The quantitative estimate of drug-likeness (QED) is 0.825. The molecular weight excluding hydrogens is 250 g/mol. The Morgan fingerprint density at radius 1 is 1.22 bits per heavy atom. The number of sulfone groups is 1. The fourth-order valence-electron chi connectivity index (χ4n) is 1.25. The third-order valence-corrected chi connectivity index (χ3v) is 4.96. The minimum absolute atomic E-state index is 0.328. The van der Waals surface area contributed by atoms with E-state index in [1.807, 2.05) is 25.1 Å². The molecule has 0 aromatic carbocycles. The Labute approximate surface area is 109 Å². The van der Waals surface area contributed by atoms with Gasteiger partial charge in [0.05, 0.1) is 4.75 Å². The van der Waals surface area contributed by atoms with E-state index in [1.165, 1.54) is 6.26 Å². The molecule has 18 heavy (non-hydrogen) atoms. The third kappa shape index (κ3) is 3.87. The van der Waals surface area contributed by atoms with E-state index in [9.17, 15) is 8.42 Å². The molecular formula is C12H21N3O2S. The van der Waals surface area contributed by atoms with Gasteiger partial charge >= 0.3 is 0 Å². The minimum Gasteiger partial charge on any atom is -0.370 e. The van der Waals surface area contributed by atoms with Gasteiger partial charge in [-0.25, -0.2) is 13.4 Å². The number of anilines is 2. The predicted molar refractivity (Wildman–Crippen MR) is 75.8 cm³/mol. The molecule has 0 aliphatic carbocycles. The SMILES string of the molecule is CCNc1cccc(NCC(C)(C)S(C)(=O)=O)n1. The van der Waals surface area contributed by atoms with Gasteiger partial charge in [0, 0.05) is 19.3 Å². The zero-order valence-corrected chi connectivity index (χ0v) is 12.1. The molecule has 0 aliphatic heterocycles. The molecule has 0 fully saturated rings. The lowest BCUT2D eigenvalue weighted by molar-refractivity contribution is 0.559. The van der Waals surface area contributed by atoms with Gasteiger partial charge in [0.25, 0.3) is 0 Å². The van der Waals surface area contributed by atoms with E-state index in [0.29, 0.717) is 12.4 Å². The smallest absolute Gasteiger partial charge is 0.154 e. The Morgan fingerprint density at radius 2 is 1.78 bits per heavy atom. The van der Waals surface area contributed by atoms with Gasteiger partial charge in [0.15, 0.2) is 9.84 Å². The molecule has 0 saturated carbocycles. The van der Waals surface area contributed by atoms with E-state index in [0.717, 1.165) is 12.4 Å². The van der Waals surface area contributed by atoms with Gasteiger partial charge in [0.1, 0.15) is 11.6 Å². The second kappa shape index (κ2) is 5.56. The van der Waals surface area contributed by atoms with Gasteiger partial charge in [-0.15, -0.1) is 0 Å². The summed E-state index contributed by atoms with van der Waals surface area (Å²) < 4.78 is 22.3. The molecule has 0 spiro atoms. The first-order valence-corrected chi connectivity index (χ1v) is 7.80. The van der Waals surface area contributed by atoms with Crippen molar-refractivity contribution in [3.63, 3.8) is 0 Å². The average molecular weight is 271 g/mol. The van der Waals surface area contributed by atoms with Gasteiger partial charge < -0.3 is 10.6 Å². The Balaban J connectivity index is 2.72. The van der Waals surface area contributed by atoms with Crippen LogP contribution in [0.15, 0.2) is 18.2 Å². The molecule has 0 amide bonds. The normalized spacial score (nSPS) is 12.2. The molecule has 0 saturated heterocycles. The lowest BCUT2D eigenvalue weighted by atomic mass is 10.2. The van der Waals surface area contributed by atoms with Crippen LogP contribution in [0.1, 0.15) is 20.8 Å². The molecule has 1 rings (SSSR count). The summed E-state index contributed by atoms with van der Waals surface area (Å²) in [6, 6.07) is 5.57. The molecule has 102 valence electrons. The number of nitrogens with zero attached hydrogens (tertiary/aromatic N) is 1. The van der Waals surface area contributed by atoms with Gasteiger partial charge in [0.2, 0.25) is 0 Å². The van der Waals surface area contributed by atoms with Crippen molar-refractivity contribution in [2.24, 2.45) is 0 Å². The summed E-state index contributed by atoms with van der Waals surface area (Å²) in [6.07, 6.45) is 1.25. The second-order valence-electron chi connectivity index (χ2n) is 4.82. The fourth-order valence-corrected chi connectivity index (χ4v) is 1.58. The van der Waals surface area contributed by atoms with Gasteiger partial charge in [-0.05, 0) is 32.9 Å². The lowest BCUT2D eigenvalue weighted by Gasteiger charge is -2.23.